The summed E-state index contributed by atoms with van der Waals surface area (Å²) < 4.78 is 14.6. The van der Waals surface area contributed by atoms with Crippen LogP contribution in [0.2, 0.25) is 0 Å². The Morgan fingerprint density at radius 2 is 2.07 bits per heavy atom. The molecule has 0 aliphatic heterocycles. The van der Waals surface area contributed by atoms with Crippen molar-refractivity contribution < 1.29 is 19.4 Å². The SMILES string of the molecule is CCC(=Cc1c(C)nn(C)c1-n1ccc2ccc(OCCOC)cc21)C(=O)O. The van der Waals surface area contributed by atoms with Gasteiger partial charge in [-0.1, -0.05) is 6.92 Å². The third-order valence-corrected chi connectivity index (χ3v) is 4.66. The molecular weight excluding hydrogens is 358 g/mol. The Balaban J connectivity index is 2.12. The standard InChI is InChI=1S/C21H25N3O4/c1-5-15(21(25)26)12-18-14(2)22-23(3)20(18)24-9-8-16-6-7-17(13-19(16)24)28-11-10-27-4/h6-9,12-13H,5,10-11H2,1-4H3,(H,25,26). The minimum Gasteiger partial charge on any atom is -0.491 e. The number of carbonyl (C=O) groups is 1. The first-order valence-electron chi connectivity index (χ1n) is 9.17. The van der Waals surface area contributed by atoms with Crippen molar-refractivity contribution in [3.63, 3.8) is 0 Å². The van der Waals surface area contributed by atoms with Gasteiger partial charge < -0.3 is 19.1 Å². The maximum absolute atomic E-state index is 11.5. The summed E-state index contributed by atoms with van der Waals surface area (Å²) in [5, 5.41) is 15.0. The summed E-state index contributed by atoms with van der Waals surface area (Å²) in [4.78, 5) is 11.5. The molecular formula is C21H25N3O4. The van der Waals surface area contributed by atoms with Gasteiger partial charge in [0.25, 0.3) is 0 Å². The molecule has 0 aliphatic carbocycles. The van der Waals surface area contributed by atoms with E-state index in [1.54, 1.807) is 17.9 Å². The number of hydrogen-bond donors (Lipinski definition) is 1. The first kappa shape index (κ1) is 19.7. The summed E-state index contributed by atoms with van der Waals surface area (Å²) in [6.45, 7) is 4.71. The number of ether oxygens (including phenoxy) is 2. The van der Waals surface area contributed by atoms with E-state index in [-0.39, 0.29) is 0 Å². The van der Waals surface area contributed by atoms with E-state index < -0.39 is 5.97 Å². The lowest BCUT2D eigenvalue weighted by Crippen LogP contribution is -2.05. The van der Waals surface area contributed by atoms with Crippen molar-refractivity contribution in [3.05, 3.63) is 47.3 Å². The Morgan fingerprint density at radius 1 is 1.29 bits per heavy atom. The lowest BCUT2D eigenvalue weighted by atomic mass is 10.1. The van der Waals surface area contributed by atoms with E-state index in [9.17, 15) is 9.90 Å². The average molecular weight is 383 g/mol. The van der Waals surface area contributed by atoms with Crippen molar-refractivity contribution in [2.24, 2.45) is 7.05 Å². The van der Waals surface area contributed by atoms with Gasteiger partial charge >= 0.3 is 5.97 Å². The highest BCUT2D eigenvalue weighted by atomic mass is 16.5. The second-order valence-electron chi connectivity index (χ2n) is 6.52. The molecule has 0 spiro atoms. The highest BCUT2D eigenvalue weighted by molar-refractivity contribution is 5.93. The summed E-state index contributed by atoms with van der Waals surface area (Å²) in [7, 11) is 3.50. The molecule has 2 heterocycles. The quantitative estimate of drug-likeness (QED) is 0.475. The van der Waals surface area contributed by atoms with Crippen molar-refractivity contribution >= 4 is 22.9 Å². The van der Waals surface area contributed by atoms with Crippen molar-refractivity contribution in [3.8, 4) is 11.6 Å². The third-order valence-electron chi connectivity index (χ3n) is 4.66. The van der Waals surface area contributed by atoms with Crippen LogP contribution < -0.4 is 4.74 Å². The number of carboxylic acid groups (broad SMARTS) is 1. The average Bonchev–Trinajstić information content (AvgIpc) is 3.19. The number of methoxy groups -OCH3 is 1. The number of fused-ring (bicyclic) bond motifs is 1. The number of hydrogen-bond acceptors (Lipinski definition) is 4. The molecule has 3 rings (SSSR count). The zero-order valence-electron chi connectivity index (χ0n) is 16.6. The molecule has 1 N–H and O–H groups in total. The zero-order valence-corrected chi connectivity index (χ0v) is 16.6. The van der Waals surface area contributed by atoms with Crippen molar-refractivity contribution in [1.29, 1.82) is 0 Å². The number of rotatable bonds is 8. The van der Waals surface area contributed by atoms with Crippen LogP contribution in [0.1, 0.15) is 24.6 Å². The van der Waals surface area contributed by atoms with Crippen LogP contribution in [0.4, 0.5) is 0 Å². The molecule has 2 aromatic heterocycles. The maximum atomic E-state index is 11.5. The molecule has 0 saturated carbocycles. The molecule has 0 aliphatic rings. The van der Waals surface area contributed by atoms with E-state index in [0.717, 1.165) is 33.7 Å². The van der Waals surface area contributed by atoms with Gasteiger partial charge in [0.05, 0.1) is 17.8 Å². The monoisotopic (exact) mass is 383 g/mol. The molecule has 7 heteroatoms. The predicted molar refractivity (Wildman–Crippen MR) is 108 cm³/mol. The van der Waals surface area contributed by atoms with Gasteiger partial charge in [0, 0.05) is 42.9 Å². The zero-order chi connectivity index (χ0) is 20.3. The molecule has 0 atom stereocenters. The number of benzene rings is 1. The largest absolute Gasteiger partial charge is 0.491 e. The molecule has 1 aromatic carbocycles. The third kappa shape index (κ3) is 3.80. The maximum Gasteiger partial charge on any atom is 0.331 e. The van der Waals surface area contributed by atoms with Crippen LogP contribution in [0.25, 0.3) is 22.8 Å². The van der Waals surface area contributed by atoms with Crippen molar-refractivity contribution in [2.75, 3.05) is 20.3 Å². The van der Waals surface area contributed by atoms with Gasteiger partial charge in [-0.15, -0.1) is 0 Å². The molecule has 3 aromatic rings. The first-order chi connectivity index (χ1) is 13.5. The topological polar surface area (TPSA) is 78.5 Å². The first-order valence-corrected chi connectivity index (χ1v) is 9.17. The molecule has 7 nitrogen and oxygen atoms in total. The molecule has 148 valence electrons. The molecule has 0 amide bonds. The number of nitrogens with zero attached hydrogens (tertiary/aromatic N) is 3. The Labute approximate surface area is 163 Å². The fraction of sp³-hybridized carbons (Fsp3) is 0.333. The number of aliphatic carboxylic acids is 1. The summed E-state index contributed by atoms with van der Waals surface area (Å²) in [6.07, 6.45) is 4.11. The Hall–Kier alpha value is -3.06. The molecule has 28 heavy (non-hydrogen) atoms. The van der Waals surface area contributed by atoms with Crippen LogP contribution in [0, 0.1) is 6.92 Å². The predicted octanol–water partition coefficient (Wildman–Crippen LogP) is 3.58. The summed E-state index contributed by atoms with van der Waals surface area (Å²) in [5.41, 5.74) is 2.88. The minimum atomic E-state index is -0.914. The van der Waals surface area contributed by atoms with Crippen LogP contribution in [-0.2, 0) is 16.6 Å². The van der Waals surface area contributed by atoms with Crippen molar-refractivity contribution in [2.45, 2.75) is 20.3 Å². The van der Waals surface area contributed by atoms with Crippen LogP contribution >= 0.6 is 0 Å². The minimum absolute atomic E-state index is 0.345. The van der Waals surface area contributed by atoms with Crippen molar-refractivity contribution in [1.82, 2.24) is 14.3 Å². The number of aryl methyl sites for hydroxylation is 2. The lowest BCUT2D eigenvalue weighted by Gasteiger charge is -2.10. The molecule has 0 unspecified atom stereocenters. The lowest BCUT2D eigenvalue weighted by molar-refractivity contribution is -0.132. The molecule has 0 bridgehead atoms. The second-order valence-corrected chi connectivity index (χ2v) is 6.52. The van der Waals surface area contributed by atoms with Gasteiger partial charge in [0.15, 0.2) is 0 Å². The van der Waals surface area contributed by atoms with Crippen LogP contribution in [0.15, 0.2) is 36.0 Å². The normalized spacial score (nSPS) is 11.9. The van der Waals surface area contributed by atoms with Crippen LogP contribution in [0.3, 0.4) is 0 Å². The van der Waals surface area contributed by atoms with Gasteiger partial charge in [-0.3, -0.25) is 4.68 Å². The van der Waals surface area contributed by atoms with Gasteiger partial charge in [-0.25, -0.2) is 4.79 Å². The van der Waals surface area contributed by atoms with E-state index in [2.05, 4.69) is 5.10 Å². The highest BCUT2D eigenvalue weighted by Gasteiger charge is 2.17. The Morgan fingerprint density at radius 3 is 2.75 bits per heavy atom. The smallest absolute Gasteiger partial charge is 0.331 e. The fourth-order valence-electron chi connectivity index (χ4n) is 3.23. The summed E-state index contributed by atoms with van der Waals surface area (Å²) >= 11 is 0. The number of carboxylic acids is 1. The summed E-state index contributed by atoms with van der Waals surface area (Å²) in [6, 6.07) is 7.92. The van der Waals surface area contributed by atoms with Gasteiger partial charge in [-0.2, -0.15) is 5.10 Å². The Bertz CT molecular complexity index is 1030. The van der Waals surface area contributed by atoms with E-state index in [1.807, 2.05) is 55.9 Å². The number of aromatic nitrogens is 3. The van der Waals surface area contributed by atoms with E-state index in [0.29, 0.717) is 25.2 Å². The molecule has 0 fully saturated rings. The summed E-state index contributed by atoms with van der Waals surface area (Å²) in [5.74, 6) is 0.650. The molecule has 0 radical (unpaired) electrons. The highest BCUT2D eigenvalue weighted by Crippen LogP contribution is 2.29. The van der Waals surface area contributed by atoms with E-state index >= 15 is 0 Å². The van der Waals surface area contributed by atoms with E-state index in [4.69, 9.17) is 9.47 Å². The van der Waals surface area contributed by atoms with Gasteiger partial charge in [0.2, 0.25) is 0 Å². The second kappa shape index (κ2) is 8.31. The fourth-order valence-corrected chi connectivity index (χ4v) is 3.23. The van der Waals surface area contributed by atoms with Crippen LogP contribution in [-0.4, -0.2) is 45.7 Å². The van der Waals surface area contributed by atoms with Crippen LogP contribution in [0.5, 0.6) is 5.75 Å². The van der Waals surface area contributed by atoms with Gasteiger partial charge in [0.1, 0.15) is 18.2 Å². The Kier molecular flexibility index (Phi) is 5.84. The van der Waals surface area contributed by atoms with E-state index in [1.165, 1.54) is 0 Å². The molecule has 0 saturated heterocycles. The van der Waals surface area contributed by atoms with Gasteiger partial charge in [-0.05, 0) is 37.6 Å².